The Morgan fingerprint density at radius 2 is 1.43 bits per heavy atom. The first-order chi connectivity index (χ1) is 13.5. The van der Waals surface area contributed by atoms with Crippen LogP contribution < -0.4 is 0 Å². The molecule has 1 heterocycles. The summed E-state index contributed by atoms with van der Waals surface area (Å²) in [4.78, 5) is 26.0. The van der Waals surface area contributed by atoms with E-state index in [1.807, 2.05) is 54.6 Å². The van der Waals surface area contributed by atoms with Gasteiger partial charge in [0.2, 0.25) is 0 Å². The van der Waals surface area contributed by atoms with Crippen molar-refractivity contribution >= 4 is 22.8 Å². The zero-order chi connectivity index (χ0) is 19.7. The molecule has 5 heteroatoms. The van der Waals surface area contributed by atoms with Crippen molar-refractivity contribution in [2.24, 2.45) is 0 Å². The van der Waals surface area contributed by atoms with Gasteiger partial charge in [-0.15, -0.1) is 0 Å². The fourth-order valence-electron chi connectivity index (χ4n) is 3.42. The first-order valence-electron chi connectivity index (χ1n) is 8.78. The molecule has 0 fully saturated rings. The maximum absolute atomic E-state index is 11.4. The van der Waals surface area contributed by atoms with Gasteiger partial charge in [0.25, 0.3) is 0 Å². The molecule has 1 aromatic heterocycles. The van der Waals surface area contributed by atoms with E-state index in [0.717, 1.165) is 16.7 Å². The highest BCUT2D eigenvalue weighted by molar-refractivity contribution is 5.99. The number of aromatic amines is 1. The van der Waals surface area contributed by atoms with Crippen molar-refractivity contribution in [3.63, 3.8) is 0 Å². The molecule has 0 saturated carbocycles. The van der Waals surface area contributed by atoms with Gasteiger partial charge in [0, 0.05) is 10.9 Å². The minimum Gasteiger partial charge on any atom is -0.481 e. The summed E-state index contributed by atoms with van der Waals surface area (Å²) in [6.07, 6.45) is -0.196. The van der Waals surface area contributed by atoms with Crippen molar-refractivity contribution in [2.45, 2.75) is 6.42 Å². The van der Waals surface area contributed by atoms with E-state index >= 15 is 0 Å². The van der Waals surface area contributed by atoms with E-state index in [1.54, 1.807) is 6.07 Å². The number of aromatic carboxylic acids is 1. The van der Waals surface area contributed by atoms with E-state index in [0.29, 0.717) is 22.2 Å². The average molecular weight is 371 g/mol. The van der Waals surface area contributed by atoms with Crippen molar-refractivity contribution in [3.8, 4) is 22.4 Å². The van der Waals surface area contributed by atoms with Gasteiger partial charge in [-0.05, 0) is 40.5 Å². The minimum absolute atomic E-state index is 0.129. The number of carboxylic acids is 2. The first-order valence-corrected chi connectivity index (χ1v) is 8.78. The van der Waals surface area contributed by atoms with Gasteiger partial charge in [-0.2, -0.15) is 0 Å². The third kappa shape index (κ3) is 3.25. The van der Waals surface area contributed by atoms with E-state index < -0.39 is 11.9 Å². The van der Waals surface area contributed by atoms with Gasteiger partial charge < -0.3 is 15.2 Å². The molecular formula is C23H17NO4. The molecule has 0 aliphatic heterocycles. The van der Waals surface area contributed by atoms with Crippen LogP contribution in [0.15, 0.2) is 72.8 Å². The molecule has 5 nitrogen and oxygen atoms in total. The number of rotatable bonds is 5. The Balaban J connectivity index is 1.83. The maximum atomic E-state index is 11.4. The molecule has 138 valence electrons. The highest BCUT2D eigenvalue weighted by Crippen LogP contribution is 2.33. The fraction of sp³-hybridized carbons (Fsp3) is 0.0435. The summed E-state index contributed by atoms with van der Waals surface area (Å²) in [7, 11) is 0. The molecule has 3 N–H and O–H groups in total. The third-order valence-corrected chi connectivity index (χ3v) is 4.76. The second kappa shape index (κ2) is 7.04. The van der Waals surface area contributed by atoms with Crippen LogP contribution in [-0.2, 0) is 11.2 Å². The van der Waals surface area contributed by atoms with Crippen LogP contribution in [0.1, 0.15) is 15.9 Å². The predicted molar refractivity (Wildman–Crippen MR) is 107 cm³/mol. The molecule has 0 radical (unpaired) electrons. The number of carboxylic acid groups (broad SMARTS) is 2. The quantitative estimate of drug-likeness (QED) is 0.469. The summed E-state index contributed by atoms with van der Waals surface area (Å²) >= 11 is 0. The summed E-state index contributed by atoms with van der Waals surface area (Å²) in [5, 5.41) is 19.2. The van der Waals surface area contributed by atoms with Gasteiger partial charge >= 0.3 is 11.9 Å². The molecule has 4 rings (SSSR count). The number of fused-ring (bicyclic) bond motifs is 1. The molecule has 0 aliphatic rings. The molecule has 4 aromatic rings. The van der Waals surface area contributed by atoms with Crippen molar-refractivity contribution < 1.29 is 19.8 Å². The number of hydrogen-bond acceptors (Lipinski definition) is 2. The molecule has 0 atom stereocenters. The van der Waals surface area contributed by atoms with Crippen molar-refractivity contribution in [1.82, 2.24) is 4.98 Å². The zero-order valence-corrected chi connectivity index (χ0v) is 14.8. The lowest BCUT2D eigenvalue weighted by molar-refractivity contribution is -0.136. The molecule has 0 aliphatic carbocycles. The minimum atomic E-state index is -1.04. The summed E-state index contributed by atoms with van der Waals surface area (Å²) in [5.41, 5.74) is 5.13. The lowest BCUT2D eigenvalue weighted by Crippen LogP contribution is -2.01. The standard InChI is InChI=1S/C23H17NO4/c25-21(26)13-19-18-12-17(23(27)28)10-11-20(18)24-22(19)16-8-6-15(7-9-16)14-4-2-1-3-5-14/h1-12,24H,13H2,(H,25,26)(H,27,28). The fourth-order valence-corrected chi connectivity index (χ4v) is 3.42. The van der Waals surface area contributed by atoms with Gasteiger partial charge in [0.05, 0.1) is 17.7 Å². The van der Waals surface area contributed by atoms with Crippen molar-refractivity contribution in [2.75, 3.05) is 0 Å². The summed E-state index contributed by atoms with van der Waals surface area (Å²) in [6.45, 7) is 0. The Labute approximate surface area is 160 Å². The largest absolute Gasteiger partial charge is 0.481 e. The zero-order valence-electron chi connectivity index (χ0n) is 14.8. The lowest BCUT2D eigenvalue weighted by atomic mass is 9.99. The Morgan fingerprint density at radius 1 is 0.786 bits per heavy atom. The maximum Gasteiger partial charge on any atom is 0.335 e. The molecule has 0 bridgehead atoms. The third-order valence-electron chi connectivity index (χ3n) is 4.76. The molecule has 28 heavy (non-hydrogen) atoms. The number of carbonyl (C=O) groups is 2. The number of nitrogens with one attached hydrogen (secondary N) is 1. The topological polar surface area (TPSA) is 90.4 Å². The van der Waals surface area contributed by atoms with Gasteiger partial charge in [-0.1, -0.05) is 54.6 Å². The van der Waals surface area contributed by atoms with Crippen molar-refractivity contribution in [1.29, 1.82) is 0 Å². The Morgan fingerprint density at radius 3 is 2.07 bits per heavy atom. The predicted octanol–water partition coefficient (Wildman–Crippen LogP) is 4.83. The van der Waals surface area contributed by atoms with Gasteiger partial charge in [-0.3, -0.25) is 4.79 Å². The first kappa shape index (κ1) is 17.5. The van der Waals surface area contributed by atoms with E-state index in [1.165, 1.54) is 12.1 Å². The molecule has 0 amide bonds. The highest BCUT2D eigenvalue weighted by atomic mass is 16.4. The summed E-state index contributed by atoms with van der Waals surface area (Å²) in [6, 6.07) is 22.5. The number of hydrogen-bond donors (Lipinski definition) is 3. The van der Waals surface area contributed by atoms with Crippen LogP contribution >= 0.6 is 0 Å². The molecular weight excluding hydrogens is 354 g/mol. The summed E-state index contributed by atoms with van der Waals surface area (Å²) < 4.78 is 0. The lowest BCUT2D eigenvalue weighted by Gasteiger charge is -2.06. The number of aromatic nitrogens is 1. The monoisotopic (exact) mass is 371 g/mol. The second-order valence-corrected chi connectivity index (χ2v) is 6.56. The normalized spacial score (nSPS) is 10.9. The van der Waals surface area contributed by atoms with Crippen LogP contribution in [0, 0.1) is 0 Å². The average Bonchev–Trinajstić information content (AvgIpc) is 3.06. The Kier molecular flexibility index (Phi) is 4.41. The van der Waals surface area contributed by atoms with E-state index in [9.17, 15) is 19.8 Å². The smallest absolute Gasteiger partial charge is 0.335 e. The van der Waals surface area contributed by atoms with Crippen LogP contribution in [0.5, 0.6) is 0 Å². The number of H-pyrrole nitrogens is 1. The molecule has 3 aromatic carbocycles. The van der Waals surface area contributed by atoms with Gasteiger partial charge in [-0.25, -0.2) is 4.79 Å². The van der Waals surface area contributed by atoms with Crippen LogP contribution in [0.4, 0.5) is 0 Å². The van der Waals surface area contributed by atoms with Gasteiger partial charge in [0.15, 0.2) is 0 Å². The van der Waals surface area contributed by atoms with Gasteiger partial charge in [0.1, 0.15) is 0 Å². The molecule has 0 saturated heterocycles. The molecule has 0 spiro atoms. The molecule has 0 unspecified atom stereocenters. The van der Waals surface area contributed by atoms with E-state index in [2.05, 4.69) is 4.98 Å². The highest BCUT2D eigenvalue weighted by Gasteiger charge is 2.17. The van der Waals surface area contributed by atoms with Crippen LogP contribution in [0.25, 0.3) is 33.3 Å². The Bertz CT molecular complexity index is 1170. The SMILES string of the molecule is O=C(O)Cc1c(-c2ccc(-c3ccccc3)cc2)[nH]c2ccc(C(=O)O)cc12. The number of aliphatic carboxylic acids is 1. The second-order valence-electron chi connectivity index (χ2n) is 6.56. The van der Waals surface area contributed by atoms with E-state index in [-0.39, 0.29) is 12.0 Å². The summed E-state index contributed by atoms with van der Waals surface area (Å²) in [5.74, 6) is -2.01. The Hall–Kier alpha value is -3.86. The van der Waals surface area contributed by atoms with Crippen LogP contribution in [0.2, 0.25) is 0 Å². The van der Waals surface area contributed by atoms with Crippen LogP contribution in [-0.4, -0.2) is 27.1 Å². The van der Waals surface area contributed by atoms with E-state index in [4.69, 9.17) is 0 Å². The van der Waals surface area contributed by atoms with Crippen molar-refractivity contribution in [3.05, 3.63) is 83.9 Å². The number of benzene rings is 3. The van der Waals surface area contributed by atoms with Crippen LogP contribution in [0.3, 0.4) is 0 Å².